The molecule has 0 fully saturated rings. The van der Waals surface area contributed by atoms with Crippen LogP contribution in [0.2, 0.25) is 0 Å². The van der Waals surface area contributed by atoms with Crippen LogP contribution in [0.4, 0.5) is 5.69 Å². The number of aryl methyl sites for hydroxylation is 4. The monoisotopic (exact) mass is 331 g/mol. The number of thiophene rings is 1. The van der Waals surface area contributed by atoms with Crippen LogP contribution in [0.1, 0.15) is 38.2 Å². The number of hydrogen-bond donors (Lipinski definition) is 1. The number of para-hydroxylation sites is 1. The summed E-state index contributed by atoms with van der Waals surface area (Å²) in [5.74, 6) is -0.795. The molecule has 0 bridgehead atoms. The van der Waals surface area contributed by atoms with E-state index in [1.165, 1.54) is 11.3 Å². The molecule has 4 nitrogen and oxygen atoms in total. The Balaban J connectivity index is 2.06. The zero-order chi connectivity index (χ0) is 17.1. The Hall–Kier alpha value is -2.14. The summed E-state index contributed by atoms with van der Waals surface area (Å²) in [6.07, 6.45) is -0.860. The lowest BCUT2D eigenvalue weighted by atomic mass is 10.1. The van der Waals surface area contributed by atoms with Crippen molar-refractivity contribution < 1.29 is 14.3 Å². The van der Waals surface area contributed by atoms with E-state index in [2.05, 4.69) is 5.32 Å². The van der Waals surface area contributed by atoms with Crippen molar-refractivity contribution in [1.82, 2.24) is 0 Å². The molecule has 122 valence electrons. The average Bonchev–Trinajstić information content (AvgIpc) is 2.81. The predicted octanol–water partition coefficient (Wildman–Crippen LogP) is 4.17. The van der Waals surface area contributed by atoms with Crippen LogP contribution >= 0.6 is 11.3 Å². The van der Waals surface area contributed by atoms with E-state index < -0.39 is 12.1 Å². The molecule has 0 aliphatic heterocycles. The van der Waals surface area contributed by atoms with E-state index >= 15 is 0 Å². The third-order valence-corrected chi connectivity index (χ3v) is 4.61. The number of rotatable bonds is 4. The van der Waals surface area contributed by atoms with E-state index in [4.69, 9.17) is 4.74 Å². The van der Waals surface area contributed by atoms with Gasteiger partial charge in [0.25, 0.3) is 5.91 Å². The molecule has 0 unspecified atom stereocenters. The standard InChI is InChI=1S/C18H21NO3S/c1-10-7-6-8-11(2)16(10)19-17(20)13(4)22-18(21)15-9-12(3)23-14(15)5/h6-9,13H,1-5H3,(H,19,20)/t13-/m1/s1. The fourth-order valence-electron chi connectivity index (χ4n) is 2.35. The minimum Gasteiger partial charge on any atom is -0.449 e. The minimum absolute atomic E-state index is 0.333. The lowest BCUT2D eigenvalue weighted by Gasteiger charge is -2.16. The molecular weight excluding hydrogens is 310 g/mol. The van der Waals surface area contributed by atoms with Gasteiger partial charge in [-0.05, 0) is 51.8 Å². The Morgan fingerprint density at radius 1 is 1.13 bits per heavy atom. The lowest BCUT2D eigenvalue weighted by Crippen LogP contribution is -2.30. The molecule has 1 N–H and O–H groups in total. The van der Waals surface area contributed by atoms with E-state index in [1.807, 2.05) is 45.9 Å². The topological polar surface area (TPSA) is 55.4 Å². The van der Waals surface area contributed by atoms with Crippen molar-refractivity contribution in [3.8, 4) is 0 Å². The van der Waals surface area contributed by atoms with E-state index in [0.29, 0.717) is 5.56 Å². The van der Waals surface area contributed by atoms with Gasteiger partial charge in [-0.2, -0.15) is 0 Å². The summed E-state index contributed by atoms with van der Waals surface area (Å²) in [6, 6.07) is 7.58. The first-order chi connectivity index (χ1) is 10.8. The molecular formula is C18H21NO3S. The largest absolute Gasteiger partial charge is 0.449 e. The zero-order valence-corrected chi connectivity index (χ0v) is 14.8. The number of esters is 1. The third-order valence-electron chi connectivity index (χ3n) is 3.64. The van der Waals surface area contributed by atoms with Crippen molar-refractivity contribution in [2.45, 2.75) is 40.7 Å². The molecule has 2 rings (SSSR count). The summed E-state index contributed by atoms with van der Waals surface area (Å²) in [5.41, 5.74) is 3.24. The number of carbonyl (C=O) groups excluding carboxylic acids is 2. The molecule has 1 amide bonds. The Bertz CT molecular complexity index is 728. The van der Waals surface area contributed by atoms with Crippen LogP contribution in [0.3, 0.4) is 0 Å². The van der Waals surface area contributed by atoms with Crippen LogP contribution in [0.5, 0.6) is 0 Å². The maximum Gasteiger partial charge on any atom is 0.340 e. The molecule has 1 aromatic heterocycles. The molecule has 23 heavy (non-hydrogen) atoms. The highest BCUT2D eigenvalue weighted by atomic mass is 32.1. The van der Waals surface area contributed by atoms with Crippen LogP contribution in [0, 0.1) is 27.7 Å². The molecule has 5 heteroatoms. The van der Waals surface area contributed by atoms with Gasteiger partial charge in [-0.25, -0.2) is 4.79 Å². The van der Waals surface area contributed by atoms with Gasteiger partial charge in [-0.3, -0.25) is 4.79 Å². The van der Waals surface area contributed by atoms with Crippen molar-refractivity contribution in [3.05, 3.63) is 50.7 Å². The molecule has 0 radical (unpaired) electrons. The van der Waals surface area contributed by atoms with Crippen molar-refractivity contribution >= 4 is 28.9 Å². The summed E-state index contributed by atoms with van der Waals surface area (Å²) in [4.78, 5) is 26.4. The van der Waals surface area contributed by atoms with Crippen LogP contribution in [0.25, 0.3) is 0 Å². The molecule has 1 atom stereocenters. The molecule has 1 aromatic carbocycles. The van der Waals surface area contributed by atoms with Gasteiger partial charge in [0.2, 0.25) is 0 Å². The minimum atomic E-state index is -0.860. The number of ether oxygens (including phenoxy) is 1. The number of amides is 1. The molecule has 1 heterocycles. The predicted molar refractivity (Wildman–Crippen MR) is 93.2 cm³/mol. The number of carbonyl (C=O) groups is 2. The van der Waals surface area contributed by atoms with Crippen LogP contribution in [-0.4, -0.2) is 18.0 Å². The van der Waals surface area contributed by atoms with Gasteiger partial charge in [0.1, 0.15) is 0 Å². The molecule has 0 saturated heterocycles. The fourth-order valence-corrected chi connectivity index (χ4v) is 3.26. The quantitative estimate of drug-likeness (QED) is 0.856. The Morgan fingerprint density at radius 3 is 2.26 bits per heavy atom. The van der Waals surface area contributed by atoms with Crippen LogP contribution in [-0.2, 0) is 9.53 Å². The van der Waals surface area contributed by atoms with Gasteiger partial charge >= 0.3 is 5.97 Å². The van der Waals surface area contributed by atoms with Crippen LogP contribution < -0.4 is 5.32 Å². The molecule has 0 aliphatic rings. The maximum atomic E-state index is 12.3. The fraction of sp³-hybridized carbons (Fsp3) is 0.333. The molecule has 2 aromatic rings. The maximum absolute atomic E-state index is 12.3. The Labute approximate surface area is 140 Å². The zero-order valence-electron chi connectivity index (χ0n) is 14.0. The highest BCUT2D eigenvalue weighted by Crippen LogP contribution is 2.22. The highest BCUT2D eigenvalue weighted by Gasteiger charge is 2.22. The Kier molecular flexibility index (Phi) is 5.21. The van der Waals surface area contributed by atoms with Gasteiger partial charge in [0.05, 0.1) is 5.56 Å². The van der Waals surface area contributed by atoms with E-state index in [0.717, 1.165) is 26.6 Å². The van der Waals surface area contributed by atoms with Gasteiger partial charge in [-0.1, -0.05) is 18.2 Å². The SMILES string of the molecule is Cc1cc(C(=O)O[C@H](C)C(=O)Nc2c(C)cccc2C)c(C)s1. The number of anilines is 1. The highest BCUT2D eigenvalue weighted by molar-refractivity contribution is 7.12. The van der Waals surface area contributed by atoms with Crippen molar-refractivity contribution in [2.75, 3.05) is 5.32 Å². The second-order valence-electron chi connectivity index (χ2n) is 5.63. The van der Waals surface area contributed by atoms with Crippen molar-refractivity contribution in [1.29, 1.82) is 0 Å². The third kappa shape index (κ3) is 3.99. The van der Waals surface area contributed by atoms with Crippen LogP contribution in [0.15, 0.2) is 24.3 Å². The summed E-state index contributed by atoms with van der Waals surface area (Å²) >= 11 is 1.54. The Morgan fingerprint density at radius 2 is 1.74 bits per heavy atom. The number of benzene rings is 1. The first-order valence-electron chi connectivity index (χ1n) is 7.44. The number of nitrogens with one attached hydrogen (secondary N) is 1. The second-order valence-corrected chi connectivity index (χ2v) is 7.09. The smallest absolute Gasteiger partial charge is 0.340 e. The molecule has 0 saturated carbocycles. The first-order valence-corrected chi connectivity index (χ1v) is 8.26. The lowest BCUT2D eigenvalue weighted by molar-refractivity contribution is -0.123. The summed E-state index contributed by atoms with van der Waals surface area (Å²) in [7, 11) is 0. The average molecular weight is 331 g/mol. The van der Waals surface area contributed by atoms with E-state index in [-0.39, 0.29) is 5.91 Å². The van der Waals surface area contributed by atoms with Crippen molar-refractivity contribution in [2.24, 2.45) is 0 Å². The summed E-state index contributed by atoms with van der Waals surface area (Å²) in [6.45, 7) is 9.24. The van der Waals surface area contributed by atoms with E-state index in [1.54, 1.807) is 13.0 Å². The second kappa shape index (κ2) is 6.96. The first kappa shape index (κ1) is 17.2. The van der Waals surface area contributed by atoms with Gasteiger partial charge in [-0.15, -0.1) is 11.3 Å². The number of hydrogen-bond acceptors (Lipinski definition) is 4. The van der Waals surface area contributed by atoms with Crippen molar-refractivity contribution in [3.63, 3.8) is 0 Å². The summed E-state index contributed by atoms with van der Waals surface area (Å²) in [5, 5.41) is 2.84. The normalized spacial score (nSPS) is 11.9. The van der Waals surface area contributed by atoms with Gasteiger partial charge in [0, 0.05) is 15.4 Å². The molecule has 0 aliphatic carbocycles. The molecule has 0 spiro atoms. The van der Waals surface area contributed by atoms with Gasteiger partial charge < -0.3 is 10.1 Å². The van der Waals surface area contributed by atoms with Gasteiger partial charge in [0.15, 0.2) is 6.10 Å². The van der Waals surface area contributed by atoms with E-state index in [9.17, 15) is 9.59 Å². The summed E-state index contributed by atoms with van der Waals surface area (Å²) < 4.78 is 5.30.